The van der Waals surface area contributed by atoms with Gasteiger partial charge in [-0.3, -0.25) is 0 Å². The quantitative estimate of drug-likeness (QED) is 0.135. The summed E-state index contributed by atoms with van der Waals surface area (Å²) in [6.45, 7) is 11.1. The predicted octanol–water partition coefficient (Wildman–Crippen LogP) is 25.2. The van der Waals surface area contributed by atoms with Gasteiger partial charge in [-0.2, -0.15) is 0 Å². The standard InChI is InChI=1S/C102H73BN4OSe2/c1-101(2,3)68-56-77(62-29-11-7-12-30-62)97(78(57-68)63-31-13-8-14-32-63)106-86-60-70(104-84-42-24-19-38-73(84)94-75-40-22-27-45-92(75)109-99(94)104)48-50-82(86)103-83-51-49-71(105-85-43-25-20-39-74(85)95-76-41-23-28-46-93(76)110-100(95)105)61-87(83)107(89-55-67(54-88(106)96(89)103)66-47-52-91-81(53-66)72-37-21-26-44-90(72)108-91)98-79(64-33-15-9-16-34-64)58-69(102(4,5)6)59-80(98)65-35-17-10-18-36-65/h7-61H,1-6H3/i19D,20D,22D,23D,24D,25D,27D,28D,38D,39D,40D,41D,42D,43D,45D,46D,48D,49D,50D,51D,60D,61D. The van der Waals surface area contributed by atoms with E-state index < -0.39 is 167 Å². The molecule has 22 rings (SSSR count). The summed E-state index contributed by atoms with van der Waals surface area (Å²) in [6.07, 6.45) is 0. The Hall–Kier alpha value is -12.1. The molecule has 2 aliphatic heterocycles. The normalized spacial score (nSPS) is 15.7. The number of hydrogen-bond donors (Lipinski definition) is 0. The Kier molecular flexibility index (Phi) is 10.4. The van der Waals surface area contributed by atoms with Crippen LogP contribution in [0.5, 0.6) is 0 Å². The van der Waals surface area contributed by atoms with Gasteiger partial charge in [-0.05, 0) is 6.07 Å². The third kappa shape index (κ3) is 9.99. The van der Waals surface area contributed by atoms with E-state index in [1.54, 1.807) is 0 Å². The molecule has 0 aliphatic carbocycles. The molecule has 0 saturated carbocycles. The van der Waals surface area contributed by atoms with Gasteiger partial charge in [0.2, 0.25) is 0 Å². The third-order valence-electron chi connectivity index (χ3n) is 21.8. The Labute approximate surface area is 682 Å². The maximum atomic E-state index is 12.1. The monoisotopic (exact) mass is 1560 g/mol. The number of anilines is 6. The molecular formula is C102H73BN4OSe2. The molecule has 15 aromatic carbocycles. The second-order valence-corrected chi connectivity index (χ2v) is 34.4. The predicted molar refractivity (Wildman–Crippen MR) is 470 cm³/mol. The molecule has 0 spiro atoms. The van der Waals surface area contributed by atoms with E-state index in [2.05, 4.69) is 65.8 Å². The van der Waals surface area contributed by atoms with Crippen LogP contribution in [0.25, 0.3) is 150 Å². The first kappa shape index (κ1) is 46.3. The van der Waals surface area contributed by atoms with Gasteiger partial charge in [0.05, 0.1) is 0 Å². The summed E-state index contributed by atoms with van der Waals surface area (Å²) in [4.78, 5) is 3.92. The fraction of sp³-hybridized carbons (Fsp3) is 0.0784. The molecule has 0 radical (unpaired) electrons. The molecule has 0 fully saturated rings. The number of benzene rings is 15. The van der Waals surface area contributed by atoms with E-state index in [4.69, 9.17) is 9.90 Å². The minimum absolute atomic E-state index is 0.0138. The second-order valence-electron chi connectivity index (χ2n) is 30.2. The van der Waals surface area contributed by atoms with Gasteiger partial charge in [-0.1, -0.05) is 18.2 Å². The van der Waals surface area contributed by atoms with Gasteiger partial charge in [-0.15, -0.1) is 0 Å². The Morgan fingerprint density at radius 3 is 1.16 bits per heavy atom. The number of para-hydroxylation sites is 3. The summed E-state index contributed by atoms with van der Waals surface area (Å²) in [6, 6.07) is 52.5. The van der Waals surface area contributed by atoms with E-state index in [0.717, 1.165) is 21.9 Å². The first-order chi connectivity index (χ1) is 63.0. The first-order valence-corrected chi connectivity index (χ1v) is 39.9. The second kappa shape index (κ2) is 24.7. The Bertz CT molecular complexity index is 8040. The number of fused-ring (bicyclic) bond motifs is 17. The van der Waals surface area contributed by atoms with Gasteiger partial charge >= 0.3 is 641 Å². The van der Waals surface area contributed by atoms with Crippen LogP contribution in [0.1, 0.15) is 82.8 Å². The van der Waals surface area contributed by atoms with Crippen molar-refractivity contribution in [3.05, 3.63) is 344 Å². The van der Waals surface area contributed by atoms with Crippen molar-refractivity contribution in [1.82, 2.24) is 9.13 Å². The molecule has 7 heterocycles. The molecule has 0 atom stereocenters. The zero-order valence-corrected chi connectivity index (χ0v) is 63.6. The number of furan rings is 1. The van der Waals surface area contributed by atoms with Gasteiger partial charge in [0.15, 0.2) is 0 Å². The van der Waals surface area contributed by atoms with Crippen LogP contribution in [0.3, 0.4) is 0 Å². The number of nitrogens with zero attached hydrogens (tertiary/aromatic N) is 4. The summed E-state index contributed by atoms with van der Waals surface area (Å²) < 4.78 is 233. The van der Waals surface area contributed by atoms with Crippen molar-refractivity contribution < 1.29 is 34.6 Å². The maximum absolute atomic E-state index is 12.1. The fourth-order valence-electron chi connectivity index (χ4n) is 16.6. The van der Waals surface area contributed by atoms with Crippen molar-refractivity contribution in [2.75, 3.05) is 9.80 Å². The summed E-state index contributed by atoms with van der Waals surface area (Å²) in [5.74, 6) is 0. The van der Waals surface area contributed by atoms with E-state index in [9.17, 15) is 24.7 Å². The van der Waals surface area contributed by atoms with E-state index >= 15 is 0 Å². The summed E-state index contributed by atoms with van der Waals surface area (Å²) in [5, 5.41) is 1.30. The van der Waals surface area contributed by atoms with Crippen LogP contribution in [-0.4, -0.2) is 44.9 Å². The summed E-state index contributed by atoms with van der Waals surface area (Å²) in [5.41, 5.74) is 8.38. The van der Waals surface area contributed by atoms with Gasteiger partial charge in [-0.25, -0.2) is 0 Å². The molecule has 2 aliphatic rings. The van der Waals surface area contributed by atoms with Crippen LogP contribution in [0.2, 0.25) is 0 Å². The SMILES string of the molecule is [2H]c1c([2H])c(-n2c3[se]c4c([2H])c([2H])c([2H])c([2H])c4c3c3c([2H])c([2H])c([2H])c([2H])c32)c([2H])c2c1B1c3c(cc(-c4ccc5oc6ccccc6c5c4)cc3N(c3c(-c4ccccc4)cc(C(C)(C)C)cc3-c3ccccc3)c3c([2H])c(-n4c5[se]c6c([2H])c([2H])c([2H])c([2H])c6c5c5c([2H])c([2H])c([2H])c([2H])c54)c([2H])c([2H])c31)N2c1c(-c2ccccc2)cc(C(C)(C)C)cc1-c1ccccc1. The van der Waals surface area contributed by atoms with Crippen LogP contribution >= 0.6 is 0 Å². The molecule has 5 nitrogen and oxygen atoms in total. The van der Waals surface area contributed by atoms with Crippen LogP contribution < -0.4 is 26.2 Å². The zero-order chi connectivity index (χ0) is 92.6. The van der Waals surface area contributed by atoms with Crippen LogP contribution in [-0.2, 0) is 10.8 Å². The molecular weight excluding hydrogens is 1470 g/mol. The summed E-state index contributed by atoms with van der Waals surface area (Å²) in [7, 11) is 0. The van der Waals surface area contributed by atoms with E-state index in [1.807, 2.05) is 186 Å². The van der Waals surface area contributed by atoms with Crippen LogP contribution in [0.4, 0.5) is 34.1 Å². The minimum atomic E-state index is -1.63. The number of hydrogen-bond acceptors (Lipinski definition) is 3. The van der Waals surface area contributed by atoms with Crippen molar-refractivity contribution in [3.63, 3.8) is 0 Å². The van der Waals surface area contributed by atoms with Crippen molar-refractivity contribution in [2.24, 2.45) is 0 Å². The van der Waals surface area contributed by atoms with E-state index in [0.29, 0.717) is 95.0 Å². The molecule has 110 heavy (non-hydrogen) atoms. The molecule has 8 heteroatoms. The van der Waals surface area contributed by atoms with Gasteiger partial charge in [0, 0.05) is 5.39 Å². The molecule has 522 valence electrons. The van der Waals surface area contributed by atoms with Crippen LogP contribution in [0.15, 0.2) is 338 Å². The fourth-order valence-corrected chi connectivity index (χ4v) is 21.3. The third-order valence-corrected chi connectivity index (χ3v) is 26.3. The van der Waals surface area contributed by atoms with Gasteiger partial charge in [0.1, 0.15) is 11.2 Å². The summed E-state index contributed by atoms with van der Waals surface area (Å²) >= 11 is -2.48. The van der Waals surface area contributed by atoms with Crippen molar-refractivity contribution in [1.29, 1.82) is 0 Å². The molecule has 0 N–H and O–H groups in total. The molecule has 0 amide bonds. The van der Waals surface area contributed by atoms with E-state index in [-0.39, 0.29) is 106 Å². The van der Waals surface area contributed by atoms with Crippen molar-refractivity contribution in [3.8, 4) is 67.0 Å². The molecule has 5 aromatic heterocycles. The van der Waals surface area contributed by atoms with Gasteiger partial charge in [0.25, 0.3) is 0 Å². The first-order valence-electron chi connectivity index (χ1n) is 47.4. The zero-order valence-electron chi connectivity index (χ0n) is 82.1. The average molecular weight is 1560 g/mol. The molecule has 0 unspecified atom stereocenters. The molecule has 0 saturated heterocycles. The number of aromatic nitrogens is 2. The van der Waals surface area contributed by atoms with E-state index in [1.165, 1.54) is 9.13 Å². The van der Waals surface area contributed by atoms with Crippen molar-refractivity contribution >= 4 is 169 Å². The molecule has 20 aromatic rings. The molecule has 0 bridgehead atoms. The Balaban J connectivity index is 1.01. The number of rotatable bonds is 9. The Morgan fingerprint density at radius 2 is 0.727 bits per heavy atom. The average Bonchev–Trinajstić information content (AvgIpc) is 0.674. The van der Waals surface area contributed by atoms with Gasteiger partial charge < -0.3 is 4.42 Å². The Morgan fingerprint density at radius 1 is 0.336 bits per heavy atom. The topological polar surface area (TPSA) is 29.5 Å². The van der Waals surface area contributed by atoms with Crippen molar-refractivity contribution in [2.45, 2.75) is 52.4 Å². The van der Waals surface area contributed by atoms with Crippen LogP contribution in [0, 0.1) is 0 Å².